The normalized spacial score (nSPS) is 11.5. The number of nitrogens with one attached hydrogen (secondary N) is 1. The lowest BCUT2D eigenvalue weighted by Crippen LogP contribution is -2.21. The summed E-state index contributed by atoms with van der Waals surface area (Å²) in [5, 5.41) is 19.5. The van der Waals surface area contributed by atoms with Crippen molar-refractivity contribution < 1.29 is 9.42 Å². The molecule has 0 fully saturated rings. The lowest BCUT2D eigenvalue weighted by molar-refractivity contribution is 0.0949. The highest BCUT2D eigenvalue weighted by Crippen LogP contribution is 2.26. The SMILES string of the molecule is CC(=NNC(=O)c1nnn(-c2nonc2N)c1CSc1ccc(C)cc1)c1ccccn1. The highest BCUT2D eigenvalue weighted by Gasteiger charge is 2.24. The van der Waals surface area contributed by atoms with Crippen molar-refractivity contribution in [2.45, 2.75) is 24.5 Å². The summed E-state index contributed by atoms with van der Waals surface area (Å²) >= 11 is 1.51. The van der Waals surface area contributed by atoms with Crippen LogP contribution in [0.3, 0.4) is 0 Å². The lowest BCUT2D eigenvalue weighted by Gasteiger charge is -2.06. The number of amides is 1. The van der Waals surface area contributed by atoms with Gasteiger partial charge in [0.2, 0.25) is 11.6 Å². The van der Waals surface area contributed by atoms with E-state index in [1.54, 1.807) is 25.3 Å². The molecule has 1 amide bonds. The Balaban J connectivity index is 1.60. The first-order chi connectivity index (χ1) is 15.5. The van der Waals surface area contributed by atoms with Crippen LogP contribution in [-0.2, 0) is 5.75 Å². The van der Waals surface area contributed by atoms with Gasteiger partial charge in [-0.2, -0.15) is 9.78 Å². The van der Waals surface area contributed by atoms with Gasteiger partial charge in [0.25, 0.3) is 5.91 Å². The van der Waals surface area contributed by atoms with Crippen LogP contribution in [0.1, 0.15) is 34.4 Å². The minimum absolute atomic E-state index is 0.0347. The highest BCUT2D eigenvalue weighted by atomic mass is 32.2. The minimum atomic E-state index is -0.527. The molecule has 3 aromatic heterocycles. The monoisotopic (exact) mass is 449 g/mol. The van der Waals surface area contributed by atoms with Crippen LogP contribution in [0.15, 0.2) is 63.3 Å². The molecule has 32 heavy (non-hydrogen) atoms. The lowest BCUT2D eigenvalue weighted by atomic mass is 10.2. The van der Waals surface area contributed by atoms with Crippen LogP contribution in [0.25, 0.3) is 5.82 Å². The number of nitrogen functional groups attached to an aromatic ring is 1. The largest absolute Gasteiger partial charge is 0.378 e. The van der Waals surface area contributed by atoms with E-state index in [2.05, 4.69) is 40.8 Å². The van der Waals surface area contributed by atoms with Crippen LogP contribution < -0.4 is 11.2 Å². The van der Waals surface area contributed by atoms with E-state index in [0.717, 1.165) is 10.5 Å². The molecule has 12 heteroatoms. The van der Waals surface area contributed by atoms with Crippen molar-refractivity contribution in [3.05, 3.63) is 71.3 Å². The van der Waals surface area contributed by atoms with Gasteiger partial charge in [-0.05, 0) is 48.4 Å². The van der Waals surface area contributed by atoms with E-state index in [0.29, 0.717) is 22.9 Å². The summed E-state index contributed by atoms with van der Waals surface area (Å²) in [6, 6.07) is 13.5. The molecular weight excluding hydrogens is 430 g/mol. The van der Waals surface area contributed by atoms with E-state index in [9.17, 15) is 4.79 Å². The first-order valence-corrected chi connectivity index (χ1v) is 10.5. The molecule has 0 aliphatic heterocycles. The highest BCUT2D eigenvalue weighted by molar-refractivity contribution is 7.98. The number of nitrogens with zero attached hydrogens (tertiary/aromatic N) is 7. The second-order valence-corrected chi connectivity index (χ2v) is 7.77. The zero-order valence-corrected chi connectivity index (χ0v) is 18.1. The Bertz CT molecular complexity index is 1250. The summed E-state index contributed by atoms with van der Waals surface area (Å²) in [7, 11) is 0. The summed E-state index contributed by atoms with van der Waals surface area (Å²) in [5.74, 6) is 0.0337. The Hall–Kier alpha value is -4.06. The first-order valence-electron chi connectivity index (χ1n) is 9.51. The second kappa shape index (κ2) is 9.39. The summed E-state index contributed by atoms with van der Waals surface area (Å²) in [4.78, 5) is 18.1. The maximum Gasteiger partial charge on any atom is 0.293 e. The van der Waals surface area contributed by atoms with Crippen LogP contribution in [-0.4, -0.2) is 41.9 Å². The fourth-order valence-electron chi connectivity index (χ4n) is 2.72. The molecule has 0 unspecified atom stereocenters. The Kier molecular flexibility index (Phi) is 6.22. The molecular formula is C20H19N9O2S. The molecule has 4 aromatic rings. The van der Waals surface area contributed by atoms with Crippen LogP contribution in [0, 0.1) is 6.92 Å². The predicted molar refractivity (Wildman–Crippen MR) is 118 cm³/mol. The molecule has 162 valence electrons. The number of carbonyl (C=O) groups excluding carboxylic acids is 1. The number of pyridine rings is 1. The number of hydrogen-bond donors (Lipinski definition) is 2. The number of aromatic nitrogens is 6. The quantitative estimate of drug-likeness (QED) is 0.246. The van der Waals surface area contributed by atoms with Gasteiger partial charge in [-0.15, -0.1) is 16.9 Å². The molecule has 0 saturated carbocycles. The van der Waals surface area contributed by atoms with Gasteiger partial charge >= 0.3 is 0 Å². The number of benzene rings is 1. The van der Waals surface area contributed by atoms with Crippen LogP contribution in [0.2, 0.25) is 0 Å². The van der Waals surface area contributed by atoms with Gasteiger partial charge in [0, 0.05) is 16.8 Å². The number of aryl methyl sites for hydroxylation is 1. The third-order valence-electron chi connectivity index (χ3n) is 4.43. The molecule has 0 radical (unpaired) electrons. The zero-order chi connectivity index (χ0) is 22.5. The Labute approximate surface area is 187 Å². The number of rotatable bonds is 7. The third-order valence-corrected chi connectivity index (χ3v) is 5.45. The van der Waals surface area contributed by atoms with Gasteiger partial charge in [0.1, 0.15) is 0 Å². The minimum Gasteiger partial charge on any atom is -0.378 e. The van der Waals surface area contributed by atoms with Crippen molar-refractivity contribution in [1.29, 1.82) is 0 Å². The molecule has 0 saturated heterocycles. The molecule has 3 heterocycles. The second-order valence-electron chi connectivity index (χ2n) is 6.72. The molecule has 4 rings (SSSR count). The van der Waals surface area contributed by atoms with Gasteiger partial charge in [-0.1, -0.05) is 29.0 Å². The first kappa shape index (κ1) is 21.2. The molecule has 0 aliphatic carbocycles. The van der Waals surface area contributed by atoms with E-state index in [-0.39, 0.29) is 17.3 Å². The van der Waals surface area contributed by atoms with Gasteiger partial charge in [0.15, 0.2) is 5.69 Å². The number of hydrazone groups is 1. The molecule has 0 spiro atoms. The van der Waals surface area contributed by atoms with E-state index in [1.807, 2.05) is 37.3 Å². The maximum absolute atomic E-state index is 12.9. The van der Waals surface area contributed by atoms with Gasteiger partial charge in [-0.25, -0.2) is 10.1 Å². The summed E-state index contributed by atoms with van der Waals surface area (Å²) in [6.45, 7) is 3.76. The fourth-order valence-corrected chi connectivity index (χ4v) is 3.61. The molecule has 1 aromatic carbocycles. The van der Waals surface area contributed by atoms with Crippen molar-refractivity contribution in [3.8, 4) is 5.82 Å². The van der Waals surface area contributed by atoms with E-state index in [4.69, 9.17) is 5.73 Å². The van der Waals surface area contributed by atoms with E-state index >= 15 is 0 Å². The number of anilines is 1. The Morgan fingerprint density at radius 1 is 1.22 bits per heavy atom. The standard InChI is InChI=1S/C20H19N9O2S/c1-12-6-8-14(9-7-12)32-11-16-17(24-28-29(16)19-18(21)26-31-27-19)20(30)25-23-13(2)15-5-3-4-10-22-15/h3-10H,11H2,1-2H3,(H2,21,26)(H,25,30). The number of carbonyl (C=O) groups is 1. The van der Waals surface area contributed by atoms with Crippen LogP contribution in [0.5, 0.6) is 0 Å². The Morgan fingerprint density at radius 3 is 2.72 bits per heavy atom. The summed E-state index contributed by atoms with van der Waals surface area (Å²) in [5.41, 5.74) is 11.2. The van der Waals surface area contributed by atoms with Gasteiger partial charge in [-0.3, -0.25) is 9.78 Å². The van der Waals surface area contributed by atoms with Crippen LogP contribution in [0.4, 0.5) is 5.82 Å². The number of thioether (sulfide) groups is 1. The molecule has 11 nitrogen and oxygen atoms in total. The van der Waals surface area contributed by atoms with Crippen molar-refractivity contribution >= 4 is 29.2 Å². The number of hydrogen-bond acceptors (Lipinski definition) is 10. The van der Waals surface area contributed by atoms with Crippen molar-refractivity contribution in [1.82, 2.24) is 35.7 Å². The predicted octanol–water partition coefficient (Wildman–Crippen LogP) is 2.38. The zero-order valence-electron chi connectivity index (χ0n) is 17.3. The smallest absolute Gasteiger partial charge is 0.293 e. The van der Waals surface area contributed by atoms with Crippen molar-refractivity contribution in [3.63, 3.8) is 0 Å². The average Bonchev–Trinajstić information content (AvgIpc) is 3.43. The topological polar surface area (TPSA) is 150 Å². The van der Waals surface area contributed by atoms with Crippen molar-refractivity contribution in [2.75, 3.05) is 5.73 Å². The van der Waals surface area contributed by atoms with E-state index in [1.165, 1.54) is 16.4 Å². The molecule has 0 bridgehead atoms. The fraction of sp³-hybridized carbons (Fsp3) is 0.150. The van der Waals surface area contributed by atoms with E-state index < -0.39 is 5.91 Å². The Morgan fingerprint density at radius 2 is 2.03 bits per heavy atom. The molecule has 3 N–H and O–H groups in total. The molecule has 0 aliphatic rings. The average molecular weight is 450 g/mol. The van der Waals surface area contributed by atoms with Gasteiger partial charge < -0.3 is 5.73 Å². The maximum atomic E-state index is 12.9. The summed E-state index contributed by atoms with van der Waals surface area (Å²) < 4.78 is 6.02. The number of nitrogens with two attached hydrogens (primary N) is 1. The summed E-state index contributed by atoms with van der Waals surface area (Å²) in [6.07, 6.45) is 1.65. The molecule has 0 atom stereocenters. The third kappa shape index (κ3) is 4.64. The van der Waals surface area contributed by atoms with Crippen molar-refractivity contribution in [2.24, 2.45) is 5.10 Å². The van der Waals surface area contributed by atoms with Crippen LogP contribution >= 0.6 is 11.8 Å². The van der Waals surface area contributed by atoms with Gasteiger partial charge in [0.05, 0.1) is 17.1 Å².